The van der Waals surface area contributed by atoms with Gasteiger partial charge in [-0.3, -0.25) is 4.79 Å². The van der Waals surface area contributed by atoms with E-state index in [1.165, 1.54) is 0 Å². The van der Waals surface area contributed by atoms with Crippen LogP contribution in [0.2, 0.25) is 0 Å². The Morgan fingerprint density at radius 1 is 1.50 bits per heavy atom. The standard InChI is InChI=1S/C17H22N4O/c1-2-7-19-16(22)12-21-10-3-4-14-11-15(20-17(14)21)13-5-8-18-9-6-13/h2-4,10-11,13,18H,1,5-9,12H2,(H,19,22). The fourth-order valence-corrected chi connectivity index (χ4v) is 2.97. The normalized spacial score (nSPS) is 15.8. The Kier molecular flexibility index (Phi) is 4.53. The summed E-state index contributed by atoms with van der Waals surface area (Å²) >= 11 is 0. The Hall–Kier alpha value is -2.14. The zero-order valence-electron chi connectivity index (χ0n) is 12.7. The maximum atomic E-state index is 11.9. The molecule has 0 aromatic heterocycles. The van der Waals surface area contributed by atoms with Gasteiger partial charge in [0.15, 0.2) is 0 Å². The van der Waals surface area contributed by atoms with Crippen molar-refractivity contribution in [2.75, 3.05) is 19.6 Å². The van der Waals surface area contributed by atoms with Gasteiger partial charge in [-0.15, -0.1) is 6.58 Å². The average molecular weight is 298 g/mol. The molecule has 3 aliphatic heterocycles. The van der Waals surface area contributed by atoms with Crippen molar-refractivity contribution in [3.05, 3.63) is 42.7 Å². The van der Waals surface area contributed by atoms with Gasteiger partial charge in [-0.05, 0) is 44.1 Å². The van der Waals surface area contributed by atoms with E-state index in [4.69, 9.17) is 4.98 Å². The van der Waals surface area contributed by atoms with Crippen molar-refractivity contribution < 1.29 is 4.79 Å². The highest BCUT2D eigenvalue weighted by molar-refractivity contribution is 5.76. The van der Waals surface area contributed by atoms with E-state index in [9.17, 15) is 4.79 Å². The number of hydrogen-bond acceptors (Lipinski definition) is 3. The van der Waals surface area contributed by atoms with Crippen LogP contribution >= 0.6 is 0 Å². The summed E-state index contributed by atoms with van der Waals surface area (Å²) in [4.78, 5) is 16.7. The molecular formula is C17H22N4O. The summed E-state index contributed by atoms with van der Waals surface area (Å²) in [6.07, 6.45) is 5.85. The highest BCUT2D eigenvalue weighted by atomic mass is 16.1. The van der Waals surface area contributed by atoms with E-state index in [-0.39, 0.29) is 12.5 Å². The van der Waals surface area contributed by atoms with Gasteiger partial charge in [-0.1, -0.05) is 6.08 Å². The van der Waals surface area contributed by atoms with Crippen LogP contribution < -0.4 is 10.6 Å². The molecule has 0 aromatic rings. The Balaban J connectivity index is 1.81. The predicted octanol–water partition coefficient (Wildman–Crippen LogP) is 1.76. The summed E-state index contributed by atoms with van der Waals surface area (Å²) in [6.45, 7) is 6.49. The molecule has 0 bridgehead atoms. The first-order valence-electron chi connectivity index (χ1n) is 7.82. The first kappa shape index (κ1) is 14.8. The molecule has 5 heteroatoms. The van der Waals surface area contributed by atoms with Gasteiger partial charge in [0, 0.05) is 29.9 Å². The molecule has 0 spiro atoms. The molecule has 0 unspecified atom stereocenters. The number of nitrogens with zero attached hydrogens (tertiary/aromatic N) is 2. The Morgan fingerprint density at radius 2 is 2.32 bits per heavy atom. The summed E-state index contributed by atoms with van der Waals surface area (Å²) in [7, 11) is 0. The molecule has 3 aliphatic rings. The lowest BCUT2D eigenvalue weighted by atomic mass is 9.95. The second-order valence-corrected chi connectivity index (χ2v) is 5.71. The minimum atomic E-state index is -0.0242. The molecule has 5 nitrogen and oxygen atoms in total. The van der Waals surface area contributed by atoms with Crippen molar-refractivity contribution in [2.45, 2.75) is 25.3 Å². The number of pyridine rings is 1. The lowest BCUT2D eigenvalue weighted by Crippen LogP contribution is -2.28. The zero-order valence-corrected chi connectivity index (χ0v) is 12.7. The van der Waals surface area contributed by atoms with Gasteiger partial charge in [-0.25, -0.2) is 4.98 Å². The van der Waals surface area contributed by atoms with Gasteiger partial charge in [0.2, 0.25) is 5.91 Å². The molecule has 0 aliphatic carbocycles. The van der Waals surface area contributed by atoms with Gasteiger partial charge >= 0.3 is 0 Å². The molecule has 3 heterocycles. The van der Waals surface area contributed by atoms with Gasteiger partial charge in [0.05, 0.1) is 0 Å². The maximum Gasteiger partial charge on any atom is 0.240 e. The lowest BCUT2D eigenvalue weighted by Gasteiger charge is -2.20. The first-order chi connectivity index (χ1) is 10.8. The van der Waals surface area contributed by atoms with Crippen molar-refractivity contribution in [3.8, 4) is 11.4 Å². The van der Waals surface area contributed by atoms with Crippen LogP contribution in [0.15, 0.2) is 37.1 Å². The number of hydrogen-bond donors (Lipinski definition) is 2. The molecule has 116 valence electrons. The van der Waals surface area contributed by atoms with Crippen molar-refractivity contribution in [3.63, 3.8) is 0 Å². The van der Waals surface area contributed by atoms with Crippen molar-refractivity contribution in [1.82, 2.24) is 20.2 Å². The fourth-order valence-electron chi connectivity index (χ4n) is 2.97. The number of rotatable bonds is 5. The molecule has 0 radical (unpaired) electrons. The van der Waals surface area contributed by atoms with Crippen LogP contribution in [0.4, 0.5) is 0 Å². The number of carbonyl (C=O) groups is 1. The summed E-state index contributed by atoms with van der Waals surface area (Å²) in [5.41, 5.74) is 2.26. The van der Waals surface area contributed by atoms with Crippen molar-refractivity contribution in [2.24, 2.45) is 0 Å². The molecule has 2 N–H and O–H groups in total. The summed E-state index contributed by atoms with van der Waals surface area (Å²) in [6, 6.07) is 6.20. The van der Waals surface area contributed by atoms with E-state index >= 15 is 0 Å². The van der Waals surface area contributed by atoms with Crippen LogP contribution in [0.3, 0.4) is 0 Å². The topological polar surface area (TPSA) is 59.0 Å². The van der Waals surface area contributed by atoms with Crippen molar-refractivity contribution in [1.29, 1.82) is 0 Å². The Labute approximate surface area is 130 Å². The minimum Gasteiger partial charge on any atom is -0.351 e. The van der Waals surface area contributed by atoms with Crippen molar-refractivity contribution >= 4 is 5.91 Å². The van der Waals surface area contributed by atoms with Crippen LogP contribution in [-0.2, 0) is 11.3 Å². The molecular weight excluding hydrogens is 276 g/mol. The molecule has 3 rings (SSSR count). The highest BCUT2D eigenvalue weighted by Gasteiger charge is 2.21. The predicted molar refractivity (Wildman–Crippen MR) is 86.9 cm³/mol. The first-order valence-corrected chi connectivity index (χ1v) is 7.82. The summed E-state index contributed by atoms with van der Waals surface area (Å²) < 4.78 is 1.92. The van der Waals surface area contributed by atoms with Gasteiger partial charge < -0.3 is 15.2 Å². The van der Waals surface area contributed by atoms with Crippen LogP contribution in [0, 0.1) is 0 Å². The van der Waals surface area contributed by atoms with E-state index in [0.29, 0.717) is 12.5 Å². The number of carbonyl (C=O) groups excluding carboxylic acids is 1. The van der Waals surface area contributed by atoms with E-state index in [2.05, 4.69) is 29.3 Å². The number of piperidine rings is 1. The highest BCUT2D eigenvalue weighted by Crippen LogP contribution is 2.30. The summed E-state index contributed by atoms with van der Waals surface area (Å²) in [5, 5.41) is 6.18. The Bertz CT molecular complexity index is 628. The number of aromatic nitrogens is 2. The number of amides is 1. The maximum absolute atomic E-state index is 11.9. The smallest absolute Gasteiger partial charge is 0.240 e. The minimum absolute atomic E-state index is 0.0242. The van der Waals surface area contributed by atoms with Crippen LogP contribution in [0.5, 0.6) is 0 Å². The summed E-state index contributed by atoms with van der Waals surface area (Å²) in [5.74, 6) is 1.39. The van der Waals surface area contributed by atoms with Gasteiger partial charge in [-0.2, -0.15) is 0 Å². The van der Waals surface area contributed by atoms with Crippen LogP contribution in [0.25, 0.3) is 11.4 Å². The van der Waals surface area contributed by atoms with E-state index in [1.54, 1.807) is 6.08 Å². The molecule has 1 saturated heterocycles. The van der Waals surface area contributed by atoms with E-state index in [0.717, 1.165) is 43.0 Å². The number of fused-ring (bicyclic) bond motifs is 1. The molecule has 1 fully saturated rings. The third kappa shape index (κ3) is 3.20. The molecule has 0 saturated carbocycles. The molecule has 0 atom stereocenters. The molecule has 0 aromatic carbocycles. The second kappa shape index (κ2) is 6.75. The molecule has 1 amide bonds. The van der Waals surface area contributed by atoms with E-state index in [1.807, 2.05) is 16.8 Å². The SMILES string of the molecule is C=CCNC(=O)Cn1cccc2cc(C3CCNCC3)nc1-2. The largest absolute Gasteiger partial charge is 0.351 e. The third-order valence-corrected chi connectivity index (χ3v) is 4.13. The zero-order chi connectivity index (χ0) is 15.4. The lowest BCUT2D eigenvalue weighted by molar-refractivity contribution is -0.121. The fraction of sp³-hybridized carbons (Fsp3) is 0.412. The third-order valence-electron chi connectivity index (χ3n) is 4.13. The molecule has 22 heavy (non-hydrogen) atoms. The average Bonchev–Trinajstić information content (AvgIpc) is 2.99. The van der Waals surface area contributed by atoms with E-state index < -0.39 is 0 Å². The van der Waals surface area contributed by atoms with Gasteiger partial charge in [0.25, 0.3) is 0 Å². The van der Waals surface area contributed by atoms with Crippen LogP contribution in [0.1, 0.15) is 24.5 Å². The monoisotopic (exact) mass is 298 g/mol. The number of nitrogens with one attached hydrogen (secondary N) is 2. The quantitative estimate of drug-likeness (QED) is 0.827. The second-order valence-electron chi connectivity index (χ2n) is 5.71. The Morgan fingerprint density at radius 3 is 3.09 bits per heavy atom. The van der Waals surface area contributed by atoms with Crippen LogP contribution in [-0.4, -0.2) is 35.1 Å². The van der Waals surface area contributed by atoms with Gasteiger partial charge in [0.1, 0.15) is 12.4 Å².